The lowest BCUT2D eigenvalue weighted by Gasteiger charge is -2.01. The molecule has 0 spiro atoms. The fourth-order valence-electron chi connectivity index (χ4n) is 0.124. The van der Waals surface area contributed by atoms with Gasteiger partial charge in [0.1, 0.15) is 4.99 Å². The van der Waals surface area contributed by atoms with Crippen molar-refractivity contribution in [3.8, 4) is 0 Å². The van der Waals surface area contributed by atoms with Crippen LogP contribution in [0.5, 0.6) is 0 Å². The molecule has 0 aliphatic carbocycles. The van der Waals surface area contributed by atoms with Crippen LogP contribution in [0.15, 0.2) is 0 Å². The summed E-state index contributed by atoms with van der Waals surface area (Å²) in [5, 5.41) is 0. The molecule has 0 saturated heterocycles. The zero-order valence-corrected chi connectivity index (χ0v) is 4.59. The number of hydrogen-bond donors (Lipinski definition) is 1. The second-order valence-corrected chi connectivity index (χ2v) is 1.61. The van der Waals surface area contributed by atoms with Crippen molar-refractivity contribution in [3.63, 3.8) is 0 Å². The van der Waals surface area contributed by atoms with Gasteiger partial charge < -0.3 is 5.73 Å². The summed E-state index contributed by atoms with van der Waals surface area (Å²) in [7, 11) is 0. The van der Waals surface area contributed by atoms with Crippen LogP contribution in [0.4, 0.5) is 13.2 Å². The molecular weight excluding hydrogens is 139 g/mol. The smallest absolute Gasteiger partial charge is 0.275 e. The van der Waals surface area contributed by atoms with Gasteiger partial charge in [-0.2, -0.15) is 0 Å². The van der Waals surface area contributed by atoms with Crippen molar-refractivity contribution >= 4 is 17.2 Å². The quantitative estimate of drug-likeness (QED) is 0.580. The maximum absolute atomic E-state index is 11.6. The Hall–Kier alpha value is -0.320. The van der Waals surface area contributed by atoms with E-state index in [2.05, 4.69) is 18.0 Å². The van der Waals surface area contributed by atoms with Gasteiger partial charge in [0.05, 0.1) is 0 Å². The molecule has 0 aliphatic rings. The fraction of sp³-hybridized carbons (Fsp3) is 0.667. The molecule has 8 heavy (non-hydrogen) atoms. The van der Waals surface area contributed by atoms with E-state index in [1.165, 1.54) is 0 Å². The van der Waals surface area contributed by atoms with Gasteiger partial charge in [-0.15, -0.1) is 0 Å². The van der Waals surface area contributed by atoms with Crippen molar-refractivity contribution in [2.75, 3.05) is 0 Å². The van der Waals surface area contributed by atoms with Crippen LogP contribution in [-0.2, 0) is 0 Å². The first kappa shape index (κ1) is 7.68. The van der Waals surface area contributed by atoms with E-state index >= 15 is 0 Å². The predicted octanol–water partition coefficient (Wildman–Crippen LogP) is 0.876. The highest BCUT2D eigenvalue weighted by Crippen LogP contribution is 2.04. The average Bonchev–Trinajstić information content (AvgIpc) is 1.64. The van der Waals surface area contributed by atoms with E-state index in [1.807, 2.05) is 0 Å². The van der Waals surface area contributed by atoms with E-state index < -0.39 is 17.6 Å². The van der Waals surface area contributed by atoms with Gasteiger partial charge in [-0.3, -0.25) is 0 Å². The monoisotopic (exact) mass is 143 g/mol. The van der Waals surface area contributed by atoms with Gasteiger partial charge in [-0.05, 0) is 0 Å². The second-order valence-electron chi connectivity index (χ2n) is 1.14. The highest BCUT2D eigenvalue weighted by atomic mass is 32.1. The summed E-state index contributed by atoms with van der Waals surface area (Å²) in [5.74, 6) is 0. The van der Waals surface area contributed by atoms with Crippen LogP contribution < -0.4 is 5.73 Å². The Kier molecular flexibility index (Phi) is 2.75. The zero-order chi connectivity index (χ0) is 6.73. The number of thiocarbonyl (C=S) groups is 1. The van der Waals surface area contributed by atoms with Crippen LogP contribution in [0.2, 0.25) is 0 Å². The summed E-state index contributed by atoms with van der Waals surface area (Å²) >= 11 is 3.92. The largest absolute Gasteiger partial charge is 0.391 e. The number of rotatable bonds is 2. The van der Waals surface area contributed by atoms with Crippen LogP contribution >= 0.6 is 12.2 Å². The van der Waals surface area contributed by atoms with Crippen molar-refractivity contribution in [1.82, 2.24) is 0 Å². The van der Waals surface area contributed by atoms with Crippen molar-refractivity contribution in [3.05, 3.63) is 0 Å². The molecule has 1 unspecified atom stereocenters. The van der Waals surface area contributed by atoms with E-state index in [9.17, 15) is 13.2 Å². The average molecular weight is 143 g/mol. The Morgan fingerprint density at radius 2 is 1.75 bits per heavy atom. The van der Waals surface area contributed by atoms with E-state index in [0.29, 0.717) is 0 Å². The first-order valence-corrected chi connectivity index (χ1v) is 2.18. The van der Waals surface area contributed by atoms with E-state index in [4.69, 9.17) is 0 Å². The molecule has 0 aromatic rings. The molecule has 0 aromatic carbocycles. The van der Waals surface area contributed by atoms with Crippen LogP contribution in [0.3, 0.4) is 0 Å². The van der Waals surface area contributed by atoms with Crippen molar-refractivity contribution < 1.29 is 13.2 Å². The molecule has 48 valence electrons. The molecular formula is C3H4F3NS. The summed E-state index contributed by atoms with van der Waals surface area (Å²) in [6.07, 6.45) is -5.54. The maximum atomic E-state index is 11.6. The van der Waals surface area contributed by atoms with Crippen LogP contribution in [0, 0.1) is 0 Å². The van der Waals surface area contributed by atoms with Crippen molar-refractivity contribution in [1.29, 1.82) is 0 Å². The van der Waals surface area contributed by atoms with Gasteiger partial charge >= 0.3 is 0 Å². The van der Waals surface area contributed by atoms with Gasteiger partial charge in [-0.25, -0.2) is 13.2 Å². The molecule has 0 fully saturated rings. The molecule has 0 saturated carbocycles. The molecule has 0 aliphatic heterocycles. The molecule has 0 radical (unpaired) electrons. The number of hydrogen-bond acceptors (Lipinski definition) is 1. The highest BCUT2D eigenvalue weighted by Gasteiger charge is 2.21. The van der Waals surface area contributed by atoms with Crippen LogP contribution in [-0.4, -0.2) is 17.6 Å². The Morgan fingerprint density at radius 3 is 1.75 bits per heavy atom. The molecule has 0 aromatic heterocycles. The zero-order valence-electron chi connectivity index (χ0n) is 3.77. The standard InChI is InChI=1S/C3H4F3NS/c4-1(2(5)6)3(7)8/h1-2H,(H2,7,8). The van der Waals surface area contributed by atoms with Gasteiger partial charge in [-0.1, -0.05) is 12.2 Å². The number of nitrogens with two attached hydrogens (primary N) is 1. The third kappa shape index (κ3) is 2.11. The van der Waals surface area contributed by atoms with Crippen molar-refractivity contribution in [2.24, 2.45) is 5.73 Å². The van der Waals surface area contributed by atoms with Gasteiger partial charge in [0.2, 0.25) is 6.17 Å². The molecule has 0 heterocycles. The van der Waals surface area contributed by atoms with Gasteiger partial charge in [0.15, 0.2) is 0 Å². The molecule has 1 nitrogen and oxygen atoms in total. The summed E-state index contributed by atoms with van der Waals surface area (Å²) in [5.41, 5.74) is 4.51. The third-order valence-electron chi connectivity index (χ3n) is 0.493. The van der Waals surface area contributed by atoms with Gasteiger partial charge in [0, 0.05) is 0 Å². The molecule has 0 rings (SSSR count). The number of alkyl halides is 3. The van der Waals surface area contributed by atoms with Crippen LogP contribution in [0.1, 0.15) is 0 Å². The lowest BCUT2D eigenvalue weighted by Crippen LogP contribution is -2.28. The van der Waals surface area contributed by atoms with E-state index in [-0.39, 0.29) is 0 Å². The van der Waals surface area contributed by atoms with Gasteiger partial charge in [0.25, 0.3) is 6.43 Å². The molecule has 2 N–H and O–H groups in total. The lowest BCUT2D eigenvalue weighted by atomic mass is 10.4. The molecule has 5 heteroatoms. The Bertz CT molecular complexity index is 94.5. The summed E-state index contributed by atoms with van der Waals surface area (Å²) in [4.78, 5) is -0.792. The van der Waals surface area contributed by atoms with E-state index in [0.717, 1.165) is 0 Å². The third-order valence-corrected chi connectivity index (χ3v) is 0.718. The molecule has 0 bridgehead atoms. The lowest BCUT2D eigenvalue weighted by molar-refractivity contribution is 0.0851. The maximum Gasteiger partial charge on any atom is 0.275 e. The second kappa shape index (κ2) is 2.86. The highest BCUT2D eigenvalue weighted by molar-refractivity contribution is 7.80. The minimum absolute atomic E-state index is 0.792. The summed E-state index contributed by atoms with van der Waals surface area (Å²) in [6.45, 7) is 0. The predicted molar refractivity (Wildman–Crippen MR) is 27.7 cm³/mol. The molecule has 0 amide bonds. The fourth-order valence-corrected chi connectivity index (χ4v) is 0.227. The topological polar surface area (TPSA) is 26.0 Å². The van der Waals surface area contributed by atoms with Crippen LogP contribution in [0.25, 0.3) is 0 Å². The summed E-state index contributed by atoms with van der Waals surface area (Å²) < 4.78 is 33.9. The minimum Gasteiger partial charge on any atom is -0.391 e. The Balaban J connectivity index is 3.64. The SMILES string of the molecule is NC(=S)C(F)C(F)F. The molecule has 1 atom stereocenters. The Morgan fingerprint density at radius 1 is 1.38 bits per heavy atom. The normalized spacial score (nSPS) is 14.0. The number of halogens is 3. The van der Waals surface area contributed by atoms with Crippen molar-refractivity contribution in [2.45, 2.75) is 12.6 Å². The Labute approximate surface area is 49.7 Å². The summed E-state index contributed by atoms with van der Waals surface area (Å²) in [6, 6.07) is 0. The van der Waals surface area contributed by atoms with E-state index in [1.54, 1.807) is 0 Å². The first-order valence-electron chi connectivity index (χ1n) is 1.77. The first-order chi connectivity index (χ1) is 3.55. The minimum atomic E-state index is -3.09.